The summed E-state index contributed by atoms with van der Waals surface area (Å²) in [5.74, 6) is -0.463. The van der Waals surface area contributed by atoms with Crippen molar-refractivity contribution < 1.29 is 19.4 Å². The number of amides is 1. The molecule has 0 bridgehead atoms. The Bertz CT molecular complexity index is 950. The first-order chi connectivity index (χ1) is 16.0. The lowest BCUT2D eigenvalue weighted by atomic mass is 9.96. The van der Waals surface area contributed by atoms with Crippen molar-refractivity contribution in [3.05, 3.63) is 77.1 Å². The lowest BCUT2D eigenvalue weighted by Gasteiger charge is -2.27. The van der Waals surface area contributed by atoms with E-state index in [4.69, 9.17) is 4.74 Å². The number of rotatable bonds is 13. The van der Waals surface area contributed by atoms with Gasteiger partial charge in [0.25, 0.3) is 5.91 Å². The van der Waals surface area contributed by atoms with Crippen molar-refractivity contribution in [3.8, 4) is 5.75 Å². The summed E-state index contributed by atoms with van der Waals surface area (Å²) >= 11 is 0. The largest absolute Gasteiger partial charge is 0.503 e. The van der Waals surface area contributed by atoms with E-state index in [1.165, 1.54) is 39.0 Å². The third kappa shape index (κ3) is 6.47. The van der Waals surface area contributed by atoms with Crippen molar-refractivity contribution in [1.82, 2.24) is 4.90 Å². The average Bonchev–Trinajstić information content (AvgIpc) is 3.08. The highest BCUT2D eigenvalue weighted by atomic mass is 16.5. The summed E-state index contributed by atoms with van der Waals surface area (Å²) in [6.45, 7) is 4.69. The van der Waals surface area contributed by atoms with E-state index in [1.54, 1.807) is 4.90 Å². The second-order valence-electron chi connectivity index (χ2n) is 8.64. The number of nitrogens with zero attached hydrogens (tertiary/aromatic N) is 1. The zero-order chi connectivity index (χ0) is 23.6. The van der Waals surface area contributed by atoms with Crippen LogP contribution in [0.25, 0.3) is 0 Å². The molecule has 1 atom stereocenters. The molecule has 1 aliphatic heterocycles. The van der Waals surface area contributed by atoms with Crippen LogP contribution in [0.3, 0.4) is 0 Å². The standard InChI is InChI=1S/C28H35NO4/c1-3-4-5-6-7-11-20-33-24-16-14-23(15-17-24)26-25(21(2)30)27(31)28(32)29(26)19-18-22-12-9-8-10-13-22/h8-10,12-17,26,31H,3-7,11,18-20H2,1-2H3. The van der Waals surface area contributed by atoms with Crippen LogP contribution in [0.2, 0.25) is 0 Å². The number of hydrogen-bond donors (Lipinski definition) is 1. The molecule has 3 rings (SSSR count). The van der Waals surface area contributed by atoms with Gasteiger partial charge in [-0.3, -0.25) is 9.59 Å². The van der Waals surface area contributed by atoms with Crippen molar-refractivity contribution in [1.29, 1.82) is 0 Å². The second-order valence-corrected chi connectivity index (χ2v) is 8.64. The molecular weight excluding hydrogens is 414 g/mol. The van der Waals surface area contributed by atoms with Crippen LogP contribution in [-0.4, -0.2) is 34.8 Å². The van der Waals surface area contributed by atoms with Crippen molar-refractivity contribution in [2.45, 2.75) is 64.8 Å². The quantitative estimate of drug-likeness (QED) is 0.384. The number of benzene rings is 2. The number of ketones is 1. The van der Waals surface area contributed by atoms with E-state index in [-0.39, 0.29) is 11.4 Å². The van der Waals surface area contributed by atoms with Gasteiger partial charge in [0.15, 0.2) is 11.5 Å². The Kier molecular flexibility index (Phi) is 9.11. The van der Waals surface area contributed by atoms with Gasteiger partial charge in [0.2, 0.25) is 0 Å². The minimum Gasteiger partial charge on any atom is -0.503 e. The molecule has 1 amide bonds. The summed E-state index contributed by atoms with van der Waals surface area (Å²) in [6.07, 6.45) is 7.91. The van der Waals surface area contributed by atoms with E-state index >= 15 is 0 Å². The molecule has 0 radical (unpaired) electrons. The number of aliphatic hydroxyl groups is 1. The maximum atomic E-state index is 12.8. The van der Waals surface area contributed by atoms with Crippen LogP contribution in [0.15, 0.2) is 65.9 Å². The molecule has 2 aromatic carbocycles. The molecule has 176 valence electrons. The maximum Gasteiger partial charge on any atom is 0.290 e. The van der Waals surface area contributed by atoms with Gasteiger partial charge < -0.3 is 14.7 Å². The molecule has 2 aromatic rings. The molecule has 1 aliphatic rings. The van der Waals surface area contributed by atoms with Gasteiger partial charge in [-0.05, 0) is 43.0 Å². The van der Waals surface area contributed by atoms with E-state index in [1.807, 2.05) is 54.6 Å². The predicted octanol–water partition coefficient (Wildman–Crippen LogP) is 5.95. The van der Waals surface area contributed by atoms with Crippen LogP contribution < -0.4 is 4.74 Å². The van der Waals surface area contributed by atoms with E-state index in [0.29, 0.717) is 19.6 Å². The summed E-state index contributed by atoms with van der Waals surface area (Å²) in [7, 11) is 0. The van der Waals surface area contributed by atoms with Gasteiger partial charge in [0.05, 0.1) is 18.2 Å². The molecule has 5 nitrogen and oxygen atoms in total. The topological polar surface area (TPSA) is 66.8 Å². The molecule has 0 saturated heterocycles. The Hall–Kier alpha value is -3.08. The van der Waals surface area contributed by atoms with Gasteiger partial charge in [-0.1, -0.05) is 81.5 Å². The number of hydrogen-bond acceptors (Lipinski definition) is 4. The lowest BCUT2D eigenvalue weighted by Crippen LogP contribution is -2.32. The van der Waals surface area contributed by atoms with E-state index < -0.39 is 17.7 Å². The van der Waals surface area contributed by atoms with Gasteiger partial charge in [0, 0.05) is 6.54 Å². The normalized spacial score (nSPS) is 15.9. The SMILES string of the molecule is CCCCCCCCOc1ccc(C2C(C(C)=O)=C(O)C(=O)N2CCc2ccccc2)cc1. The number of Topliss-reactive ketones (excluding diaryl/α,β-unsaturated/α-hetero) is 1. The Balaban J connectivity index is 1.66. The van der Waals surface area contributed by atoms with Crippen LogP contribution in [-0.2, 0) is 16.0 Å². The maximum absolute atomic E-state index is 12.8. The molecule has 0 aromatic heterocycles. The fourth-order valence-electron chi connectivity index (χ4n) is 4.30. The minimum absolute atomic E-state index is 0.161. The van der Waals surface area contributed by atoms with Crippen LogP contribution >= 0.6 is 0 Å². The van der Waals surface area contributed by atoms with Crippen LogP contribution in [0.4, 0.5) is 0 Å². The highest BCUT2D eigenvalue weighted by molar-refractivity contribution is 6.08. The predicted molar refractivity (Wildman–Crippen MR) is 130 cm³/mol. The summed E-state index contributed by atoms with van der Waals surface area (Å²) in [6, 6.07) is 16.8. The monoisotopic (exact) mass is 449 g/mol. The molecule has 1 unspecified atom stereocenters. The molecule has 1 N–H and O–H groups in total. The van der Waals surface area contributed by atoms with Gasteiger partial charge in [0.1, 0.15) is 5.75 Å². The number of ether oxygens (including phenoxy) is 1. The van der Waals surface area contributed by atoms with Crippen LogP contribution in [0, 0.1) is 0 Å². The fourth-order valence-corrected chi connectivity index (χ4v) is 4.30. The summed E-state index contributed by atoms with van der Waals surface area (Å²) in [5, 5.41) is 10.4. The molecule has 0 fully saturated rings. The minimum atomic E-state index is -0.591. The Morgan fingerprint density at radius 1 is 0.970 bits per heavy atom. The zero-order valence-electron chi connectivity index (χ0n) is 19.8. The first kappa shape index (κ1) is 24.6. The Labute approximate surface area is 197 Å². The second kappa shape index (κ2) is 12.2. The van der Waals surface area contributed by atoms with Gasteiger partial charge in [-0.15, -0.1) is 0 Å². The molecule has 5 heteroatoms. The number of unbranched alkanes of at least 4 members (excludes halogenated alkanes) is 5. The number of carbonyl (C=O) groups excluding carboxylic acids is 2. The smallest absolute Gasteiger partial charge is 0.290 e. The Morgan fingerprint density at radius 3 is 2.30 bits per heavy atom. The zero-order valence-corrected chi connectivity index (χ0v) is 19.8. The third-order valence-electron chi connectivity index (χ3n) is 6.13. The highest BCUT2D eigenvalue weighted by Crippen LogP contribution is 2.38. The molecular formula is C28H35NO4. The highest BCUT2D eigenvalue weighted by Gasteiger charge is 2.42. The summed E-state index contributed by atoms with van der Waals surface area (Å²) in [5.41, 5.74) is 2.05. The van der Waals surface area contributed by atoms with Gasteiger partial charge in [-0.2, -0.15) is 0 Å². The molecule has 33 heavy (non-hydrogen) atoms. The van der Waals surface area contributed by atoms with Crippen LogP contribution in [0.5, 0.6) is 5.75 Å². The fraction of sp³-hybridized carbons (Fsp3) is 0.429. The Morgan fingerprint density at radius 2 is 1.64 bits per heavy atom. The van der Waals surface area contributed by atoms with Crippen molar-refractivity contribution in [3.63, 3.8) is 0 Å². The average molecular weight is 450 g/mol. The van der Waals surface area contributed by atoms with E-state index in [0.717, 1.165) is 23.3 Å². The van der Waals surface area contributed by atoms with E-state index in [9.17, 15) is 14.7 Å². The van der Waals surface area contributed by atoms with Crippen LogP contribution in [0.1, 0.15) is 69.5 Å². The molecule has 0 aliphatic carbocycles. The van der Waals surface area contributed by atoms with Crippen molar-refractivity contribution >= 4 is 11.7 Å². The number of aliphatic hydroxyl groups excluding tert-OH is 1. The lowest BCUT2D eigenvalue weighted by molar-refractivity contribution is -0.129. The first-order valence-electron chi connectivity index (χ1n) is 12.0. The van der Waals surface area contributed by atoms with Gasteiger partial charge in [-0.25, -0.2) is 0 Å². The van der Waals surface area contributed by atoms with E-state index in [2.05, 4.69) is 6.92 Å². The summed E-state index contributed by atoms with van der Waals surface area (Å²) < 4.78 is 5.87. The van der Waals surface area contributed by atoms with Crippen molar-refractivity contribution in [2.24, 2.45) is 0 Å². The number of carbonyl (C=O) groups is 2. The van der Waals surface area contributed by atoms with Crippen molar-refractivity contribution in [2.75, 3.05) is 13.2 Å². The first-order valence-corrected chi connectivity index (χ1v) is 12.0. The summed E-state index contributed by atoms with van der Waals surface area (Å²) in [4.78, 5) is 26.7. The molecule has 0 spiro atoms. The third-order valence-corrected chi connectivity index (χ3v) is 6.13. The molecule has 1 heterocycles. The van der Waals surface area contributed by atoms with Gasteiger partial charge >= 0.3 is 0 Å². The molecule has 0 saturated carbocycles.